The number of fused-ring (bicyclic) bond motifs is 1. The first kappa shape index (κ1) is 32.7. The van der Waals surface area contributed by atoms with Crippen molar-refractivity contribution >= 4 is 74.9 Å². The molecule has 4 aromatic rings. The maximum Gasteiger partial charge on any atom is 0.411 e. The van der Waals surface area contributed by atoms with Gasteiger partial charge in [0.25, 0.3) is 5.56 Å². The second kappa shape index (κ2) is 13.8. The van der Waals surface area contributed by atoms with E-state index >= 15 is 0 Å². The van der Waals surface area contributed by atoms with Crippen LogP contribution in [0.5, 0.6) is 0 Å². The molecular formula is C32H34BIN4O6S. The number of aromatic amines is 1. The van der Waals surface area contributed by atoms with Gasteiger partial charge in [-0.2, -0.15) is 0 Å². The van der Waals surface area contributed by atoms with Crippen LogP contribution in [0.4, 0.5) is 16.2 Å². The topological polar surface area (TPSA) is 138 Å². The Balaban J connectivity index is 1.22. The highest BCUT2D eigenvalue weighted by Crippen LogP contribution is 2.36. The van der Waals surface area contributed by atoms with E-state index in [4.69, 9.17) is 4.74 Å². The van der Waals surface area contributed by atoms with E-state index in [1.807, 2.05) is 63.2 Å². The van der Waals surface area contributed by atoms with Crippen LogP contribution < -0.4 is 16.2 Å². The number of H-pyrrole nitrogens is 1. The molecule has 1 unspecified atom stereocenters. The van der Waals surface area contributed by atoms with Gasteiger partial charge in [0.2, 0.25) is 0 Å². The molecule has 1 aliphatic rings. The molecule has 0 radical (unpaired) electrons. The second-order valence-electron chi connectivity index (χ2n) is 11.6. The zero-order chi connectivity index (χ0) is 32.3. The van der Waals surface area contributed by atoms with Gasteiger partial charge in [0.15, 0.2) is 17.8 Å². The van der Waals surface area contributed by atoms with Crippen LogP contribution in [0.1, 0.15) is 48.4 Å². The summed E-state index contributed by atoms with van der Waals surface area (Å²) in [7, 11) is 0.338. The first-order valence-electron chi connectivity index (χ1n) is 14.5. The fraction of sp³-hybridized carbons (Fsp3) is 0.281. The van der Waals surface area contributed by atoms with E-state index in [0.717, 1.165) is 26.4 Å². The second-order valence-corrected chi connectivity index (χ2v) is 14.9. The number of pyridine rings is 1. The van der Waals surface area contributed by atoms with Crippen LogP contribution in [0.25, 0.3) is 10.8 Å². The van der Waals surface area contributed by atoms with Gasteiger partial charge in [-0.15, -0.1) is 0 Å². The lowest BCUT2D eigenvalue weighted by Crippen LogP contribution is -2.20. The molecular weight excluding hydrogens is 706 g/mol. The normalized spacial score (nSPS) is 14.6. The molecule has 1 amide bonds. The summed E-state index contributed by atoms with van der Waals surface area (Å²) in [5, 5.41) is 6.94. The number of halogens is 1. The number of sulfone groups is 1. The minimum absolute atomic E-state index is 0.112. The number of anilines is 2. The molecule has 2 atom stereocenters. The average molecular weight is 740 g/mol. The summed E-state index contributed by atoms with van der Waals surface area (Å²) in [6.07, 6.45) is 3.14. The number of benzene rings is 3. The van der Waals surface area contributed by atoms with E-state index in [1.165, 1.54) is 0 Å². The van der Waals surface area contributed by atoms with Crippen LogP contribution >= 0.6 is 22.6 Å². The molecule has 1 aromatic heterocycles. The summed E-state index contributed by atoms with van der Waals surface area (Å²) < 4.78 is 32.3. The SMILES string of the molecule is BN(C)Cc1cc(NC(=O)OC[C@H](C)c2ccc(C(C=O)Nc3ccc4cc[nH]c(=O)c4c3)cc2I)ccc1S(=O)(=O)C1CC1. The molecule has 5 rings (SSSR count). The fourth-order valence-corrected chi connectivity index (χ4v) is 8.12. The van der Waals surface area contributed by atoms with Gasteiger partial charge in [0.05, 0.1) is 16.8 Å². The molecule has 0 aliphatic heterocycles. The maximum absolute atomic E-state index is 12.9. The van der Waals surface area contributed by atoms with Crippen LogP contribution in [0.15, 0.2) is 76.6 Å². The van der Waals surface area contributed by atoms with Crippen LogP contribution in [0.3, 0.4) is 0 Å². The van der Waals surface area contributed by atoms with Crippen LogP contribution in [0, 0.1) is 3.57 Å². The van der Waals surface area contributed by atoms with Gasteiger partial charge in [0, 0.05) is 39.0 Å². The van der Waals surface area contributed by atoms with Crippen molar-refractivity contribution in [2.75, 3.05) is 24.3 Å². The average Bonchev–Trinajstić information content (AvgIpc) is 3.85. The predicted molar refractivity (Wildman–Crippen MR) is 186 cm³/mol. The van der Waals surface area contributed by atoms with Crippen molar-refractivity contribution < 1.29 is 22.7 Å². The number of hydrogen-bond acceptors (Lipinski definition) is 8. The third kappa shape index (κ3) is 7.76. The molecule has 0 spiro atoms. The quantitative estimate of drug-likeness (QED) is 0.108. The number of amides is 1. The van der Waals surface area contributed by atoms with E-state index < -0.39 is 22.0 Å². The minimum atomic E-state index is -3.39. The van der Waals surface area contributed by atoms with Crippen LogP contribution in [-0.2, 0) is 25.9 Å². The minimum Gasteiger partial charge on any atom is -0.449 e. The summed E-state index contributed by atoms with van der Waals surface area (Å²) in [5.74, 6) is -0.137. The molecule has 3 aromatic carbocycles. The zero-order valence-electron chi connectivity index (χ0n) is 25.2. The van der Waals surface area contributed by atoms with Crippen molar-refractivity contribution in [2.45, 2.75) is 48.4 Å². The number of aldehydes is 1. The van der Waals surface area contributed by atoms with Crippen LogP contribution in [-0.4, -0.2) is 57.5 Å². The number of nitrogens with one attached hydrogen (secondary N) is 3. The van der Waals surface area contributed by atoms with Crippen molar-refractivity contribution in [1.29, 1.82) is 0 Å². The number of carbonyl (C=O) groups excluding carboxylic acids is 2. The summed E-state index contributed by atoms with van der Waals surface area (Å²) in [4.78, 5) is 41.8. The highest BCUT2D eigenvalue weighted by molar-refractivity contribution is 14.1. The van der Waals surface area contributed by atoms with Gasteiger partial charge in [0.1, 0.15) is 12.3 Å². The third-order valence-electron chi connectivity index (χ3n) is 7.68. The Morgan fingerprint density at radius 2 is 1.89 bits per heavy atom. The molecule has 3 N–H and O–H groups in total. The summed E-state index contributed by atoms with van der Waals surface area (Å²) >= 11 is 2.21. The highest BCUT2D eigenvalue weighted by Gasteiger charge is 2.38. The number of aromatic nitrogens is 1. The molecule has 0 bridgehead atoms. The Bertz CT molecular complexity index is 1910. The van der Waals surface area contributed by atoms with Crippen LogP contribution in [0.2, 0.25) is 0 Å². The van der Waals surface area contributed by atoms with E-state index in [1.54, 1.807) is 30.5 Å². The Morgan fingerprint density at radius 1 is 1.13 bits per heavy atom. The van der Waals surface area contributed by atoms with Gasteiger partial charge in [-0.25, -0.2) is 13.2 Å². The Hall–Kier alpha value is -3.69. The third-order valence-corrected chi connectivity index (χ3v) is 11.0. The Morgan fingerprint density at radius 3 is 2.58 bits per heavy atom. The lowest BCUT2D eigenvalue weighted by molar-refractivity contribution is -0.108. The largest absolute Gasteiger partial charge is 0.449 e. The van der Waals surface area contributed by atoms with E-state index in [-0.39, 0.29) is 23.3 Å². The molecule has 45 heavy (non-hydrogen) atoms. The molecule has 10 nitrogen and oxygen atoms in total. The van der Waals surface area contributed by atoms with E-state index in [2.05, 4.69) is 38.2 Å². The van der Waals surface area contributed by atoms with Gasteiger partial charge < -0.3 is 24.6 Å². The van der Waals surface area contributed by atoms with Crippen molar-refractivity contribution in [3.63, 3.8) is 0 Å². The molecule has 1 saturated carbocycles. The molecule has 1 heterocycles. The summed E-state index contributed by atoms with van der Waals surface area (Å²) in [6, 6.07) is 17.1. The van der Waals surface area contributed by atoms with Crippen molar-refractivity contribution in [1.82, 2.24) is 9.79 Å². The van der Waals surface area contributed by atoms with Crippen molar-refractivity contribution in [2.24, 2.45) is 0 Å². The fourth-order valence-electron chi connectivity index (χ4n) is 5.19. The Labute approximate surface area is 276 Å². The number of hydrogen-bond donors (Lipinski definition) is 3. The number of carbonyl (C=O) groups is 2. The number of nitrogens with zero attached hydrogens (tertiary/aromatic N) is 1. The van der Waals surface area contributed by atoms with Gasteiger partial charge in [-0.1, -0.05) is 25.1 Å². The predicted octanol–water partition coefficient (Wildman–Crippen LogP) is 4.75. The molecule has 234 valence electrons. The maximum atomic E-state index is 12.9. The highest BCUT2D eigenvalue weighted by atomic mass is 127. The van der Waals surface area contributed by atoms with Crippen molar-refractivity contribution in [3.8, 4) is 0 Å². The Kier molecular flexibility index (Phi) is 9.99. The summed E-state index contributed by atoms with van der Waals surface area (Å²) in [6.45, 7) is 2.47. The zero-order valence-corrected chi connectivity index (χ0v) is 28.1. The standard InChI is InChI=1S/C32H34BIN4O6S/c1-19(18-44-32(41)37-23-6-10-30(22(13-23)16-38(2)33)45(42,43)25-7-8-25)26-9-4-21(14-28(26)34)29(17-39)36-24-5-3-20-11-12-35-31(40)27(20)15-24/h3-6,9-15,17,19,25,29,36H,7-8,16,18,33H2,1-2H3,(H,35,40)(H,37,41)/t19-,29?/m0/s1. The molecule has 0 saturated heterocycles. The van der Waals surface area contributed by atoms with Gasteiger partial charge in [-0.05, 0) is 107 Å². The molecule has 1 aliphatic carbocycles. The smallest absolute Gasteiger partial charge is 0.411 e. The van der Waals surface area contributed by atoms with E-state index in [9.17, 15) is 22.8 Å². The van der Waals surface area contributed by atoms with Gasteiger partial charge in [-0.3, -0.25) is 10.1 Å². The van der Waals surface area contributed by atoms with E-state index in [0.29, 0.717) is 46.6 Å². The lowest BCUT2D eigenvalue weighted by atomic mass is 9.98. The number of ether oxygens (including phenoxy) is 1. The number of rotatable bonds is 12. The first-order chi connectivity index (χ1) is 21.5. The molecule has 13 heteroatoms. The lowest BCUT2D eigenvalue weighted by Gasteiger charge is -2.19. The first-order valence-corrected chi connectivity index (χ1v) is 17.2. The monoisotopic (exact) mass is 740 g/mol. The summed E-state index contributed by atoms with van der Waals surface area (Å²) in [5.41, 5.74) is 3.25. The van der Waals surface area contributed by atoms with Gasteiger partial charge >= 0.3 is 6.09 Å². The molecule has 1 fully saturated rings. The van der Waals surface area contributed by atoms with Crippen molar-refractivity contribution in [3.05, 3.63) is 97.5 Å².